The second-order valence-corrected chi connectivity index (χ2v) is 3.43. The molecule has 0 saturated heterocycles. The van der Waals surface area contributed by atoms with Gasteiger partial charge in [0.25, 0.3) is 0 Å². The van der Waals surface area contributed by atoms with Crippen LogP contribution >= 0.6 is 0 Å². The second-order valence-electron chi connectivity index (χ2n) is 3.43. The Hall–Kier alpha value is -1.90. The van der Waals surface area contributed by atoms with Gasteiger partial charge in [-0.25, -0.2) is 0 Å². The summed E-state index contributed by atoms with van der Waals surface area (Å²) in [6.07, 6.45) is 3.71. The lowest BCUT2D eigenvalue weighted by Crippen LogP contribution is -2.06. The van der Waals surface area contributed by atoms with Crippen molar-refractivity contribution < 1.29 is 14.3 Å². The van der Waals surface area contributed by atoms with Gasteiger partial charge in [0.15, 0.2) is 5.78 Å². The van der Waals surface area contributed by atoms with Gasteiger partial charge in [-0.2, -0.15) is 0 Å². The van der Waals surface area contributed by atoms with E-state index in [1.54, 1.807) is 24.3 Å². The molecule has 3 heteroatoms. The van der Waals surface area contributed by atoms with Crippen molar-refractivity contribution in [2.75, 3.05) is 0 Å². The molecule has 0 amide bonds. The standard InChI is InChI=1S/C12H10O3/c1-8(13)15-12-5-3-9-6-11(14)4-2-10(9)7-12/h2-5,7H,6H2,1H3. The molecule has 0 aliphatic heterocycles. The van der Waals surface area contributed by atoms with Crippen LogP contribution in [0.15, 0.2) is 24.3 Å². The number of carbonyl (C=O) groups excluding carboxylic acids is 2. The molecule has 0 heterocycles. The largest absolute Gasteiger partial charge is 0.427 e. The molecule has 0 fully saturated rings. The van der Waals surface area contributed by atoms with Crippen LogP contribution in [0.2, 0.25) is 0 Å². The quantitative estimate of drug-likeness (QED) is 0.514. The average Bonchev–Trinajstić information content (AvgIpc) is 2.17. The third-order valence-corrected chi connectivity index (χ3v) is 2.19. The third-order valence-electron chi connectivity index (χ3n) is 2.19. The molecule has 0 N–H and O–H groups in total. The van der Waals surface area contributed by atoms with Gasteiger partial charge in [-0.15, -0.1) is 0 Å². The Bertz CT molecular complexity index is 458. The fourth-order valence-electron chi connectivity index (χ4n) is 1.55. The molecule has 1 aliphatic rings. The van der Waals surface area contributed by atoms with Crippen molar-refractivity contribution in [3.05, 3.63) is 35.4 Å². The highest BCUT2D eigenvalue weighted by molar-refractivity contribution is 5.98. The highest BCUT2D eigenvalue weighted by Crippen LogP contribution is 2.22. The molecule has 0 saturated carbocycles. The van der Waals surface area contributed by atoms with E-state index in [-0.39, 0.29) is 11.8 Å². The molecule has 0 bridgehead atoms. The number of rotatable bonds is 1. The summed E-state index contributed by atoms with van der Waals surface area (Å²) in [5.74, 6) is 0.272. The maximum absolute atomic E-state index is 11.1. The zero-order valence-corrected chi connectivity index (χ0v) is 8.32. The van der Waals surface area contributed by atoms with Crippen molar-refractivity contribution >= 4 is 17.8 Å². The number of fused-ring (bicyclic) bond motifs is 1. The minimum absolute atomic E-state index is 0.0998. The molecule has 0 aromatic heterocycles. The number of benzene rings is 1. The van der Waals surface area contributed by atoms with Crippen molar-refractivity contribution in [3.63, 3.8) is 0 Å². The summed E-state index contributed by atoms with van der Waals surface area (Å²) in [6, 6.07) is 5.28. The number of ether oxygens (including phenoxy) is 1. The molecule has 2 rings (SSSR count). The second kappa shape index (κ2) is 3.69. The number of allylic oxidation sites excluding steroid dienone is 1. The van der Waals surface area contributed by atoms with E-state index in [4.69, 9.17) is 4.74 Å². The minimum atomic E-state index is -0.342. The van der Waals surface area contributed by atoms with E-state index in [1.807, 2.05) is 6.07 Å². The van der Waals surface area contributed by atoms with E-state index in [1.165, 1.54) is 6.92 Å². The lowest BCUT2D eigenvalue weighted by Gasteiger charge is -2.10. The Labute approximate surface area is 87.4 Å². The zero-order valence-electron chi connectivity index (χ0n) is 8.32. The van der Waals surface area contributed by atoms with Gasteiger partial charge in [-0.05, 0) is 29.3 Å². The molecule has 1 aliphatic carbocycles. The van der Waals surface area contributed by atoms with E-state index in [0.29, 0.717) is 12.2 Å². The lowest BCUT2D eigenvalue weighted by molar-refractivity contribution is -0.131. The fourth-order valence-corrected chi connectivity index (χ4v) is 1.55. The molecule has 0 atom stereocenters. The lowest BCUT2D eigenvalue weighted by atomic mass is 9.96. The van der Waals surface area contributed by atoms with Crippen molar-refractivity contribution in [2.45, 2.75) is 13.3 Å². The number of esters is 1. The van der Waals surface area contributed by atoms with E-state index in [0.717, 1.165) is 11.1 Å². The smallest absolute Gasteiger partial charge is 0.308 e. The Morgan fingerprint density at radius 3 is 2.87 bits per heavy atom. The molecular formula is C12H10O3. The van der Waals surface area contributed by atoms with Crippen molar-refractivity contribution in [2.24, 2.45) is 0 Å². The van der Waals surface area contributed by atoms with E-state index in [9.17, 15) is 9.59 Å². The van der Waals surface area contributed by atoms with Gasteiger partial charge in [0.1, 0.15) is 5.75 Å². The number of carbonyl (C=O) groups is 2. The van der Waals surface area contributed by atoms with Crippen molar-refractivity contribution in [1.82, 2.24) is 0 Å². The summed E-state index contributed by atoms with van der Waals surface area (Å²) in [5.41, 5.74) is 1.91. The first-order chi connectivity index (χ1) is 7.15. The maximum atomic E-state index is 11.1. The van der Waals surface area contributed by atoms with Gasteiger partial charge in [0.05, 0.1) is 0 Å². The number of ketones is 1. The zero-order chi connectivity index (χ0) is 10.8. The molecule has 0 radical (unpaired) electrons. The number of hydrogen-bond donors (Lipinski definition) is 0. The Kier molecular flexibility index (Phi) is 2.37. The summed E-state index contributed by atoms with van der Waals surface area (Å²) in [5, 5.41) is 0. The molecule has 3 nitrogen and oxygen atoms in total. The van der Waals surface area contributed by atoms with Gasteiger partial charge in [0.2, 0.25) is 0 Å². The van der Waals surface area contributed by atoms with Crippen LogP contribution in [-0.4, -0.2) is 11.8 Å². The van der Waals surface area contributed by atoms with Crippen LogP contribution in [0.25, 0.3) is 6.08 Å². The first-order valence-corrected chi connectivity index (χ1v) is 4.67. The van der Waals surface area contributed by atoms with Crippen molar-refractivity contribution in [1.29, 1.82) is 0 Å². The van der Waals surface area contributed by atoms with Crippen molar-refractivity contribution in [3.8, 4) is 5.75 Å². The summed E-state index contributed by atoms with van der Waals surface area (Å²) in [6.45, 7) is 1.36. The normalized spacial score (nSPS) is 13.5. The summed E-state index contributed by atoms with van der Waals surface area (Å²) in [7, 11) is 0. The summed E-state index contributed by atoms with van der Waals surface area (Å²) >= 11 is 0. The summed E-state index contributed by atoms with van der Waals surface area (Å²) in [4.78, 5) is 21.9. The molecule has 0 unspecified atom stereocenters. The third kappa shape index (κ3) is 2.13. The first-order valence-electron chi connectivity index (χ1n) is 4.67. The SMILES string of the molecule is CC(=O)Oc1ccc2c(c1)C=CC(=O)C2. The summed E-state index contributed by atoms with van der Waals surface area (Å²) < 4.78 is 4.95. The van der Waals surface area contributed by atoms with E-state index in [2.05, 4.69) is 0 Å². The fraction of sp³-hybridized carbons (Fsp3) is 0.167. The predicted octanol–water partition coefficient (Wildman–Crippen LogP) is 1.75. The van der Waals surface area contributed by atoms with E-state index < -0.39 is 0 Å². The molecular weight excluding hydrogens is 192 g/mol. The molecule has 15 heavy (non-hydrogen) atoms. The Morgan fingerprint density at radius 2 is 2.13 bits per heavy atom. The van der Waals surface area contributed by atoms with Crippen LogP contribution < -0.4 is 4.74 Å². The Balaban J connectivity index is 2.33. The predicted molar refractivity (Wildman–Crippen MR) is 55.5 cm³/mol. The number of hydrogen-bond acceptors (Lipinski definition) is 3. The molecule has 0 spiro atoms. The topological polar surface area (TPSA) is 43.4 Å². The minimum Gasteiger partial charge on any atom is -0.427 e. The Morgan fingerprint density at radius 1 is 1.33 bits per heavy atom. The molecule has 76 valence electrons. The van der Waals surface area contributed by atoms with Gasteiger partial charge in [0, 0.05) is 13.3 Å². The highest BCUT2D eigenvalue weighted by Gasteiger charge is 2.11. The van der Waals surface area contributed by atoms with E-state index >= 15 is 0 Å². The molecule has 1 aromatic carbocycles. The van der Waals surface area contributed by atoms with Crippen LogP contribution in [0.1, 0.15) is 18.1 Å². The van der Waals surface area contributed by atoms with Crippen LogP contribution in [0.4, 0.5) is 0 Å². The van der Waals surface area contributed by atoms with Gasteiger partial charge < -0.3 is 4.74 Å². The highest BCUT2D eigenvalue weighted by atomic mass is 16.5. The maximum Gasteiger partial charge on any atom is 0.308 e. The van der Waals surface area contributed by atoms with Crippen LogP contribution in [0.3, 0.4) is 0 Å². The van der Waals surface area contributed by atoms with Crippen LogP contribution in [0, 0.1) is 0 Å². The van der Waals surface area contributed by atoms with Gasteiger partial charge in [-0.1, -0.05) is 12.1 Å². The average molecular weight is 202 g/mol. The van der Waals surface area contributed by atoms with Gasteiger partial charge in [-0.3, -0.25) is 9.59 Å². The van der Waals surface area contributed by atoms with Crippen LogP contribution in [0.5, 0.6) is 5.75 Å². The van der Waals surface area contributed by atoms with Crippen LogP contribution in [-0.2, 0) is 16.0 Å². The van der Waals surface area contributed by atoms with Gasteiger partial charge >= 0.3 is 5.97 Å². The molecule has 1 aromatic rings. The monoisotopic (exact) mass is 202 g/mol. The first kappa shape index (κ1) is 9.65.